The SMILES string of the molecule is Nc1cncc(C2=NCCC=C2)c1N. The number of rotatable bonds is 1. The third kappa shape index (κ3) is 1.46. The van der Waals surface area contributed by atoms with Crippen LogP contribution in [0, 0.1) is 0 Å². The highest BCUT2D eigenvalue weighted by Gasteiger charge is 2.08. The highest BCUT2D eigenvalue weighted by atomic mass is 14.8. The molecule has 1 aromatic heterocycles. The molecule has 4 heteroatoms. The van der Waals surface area contributed by atoms with E-state index in [0.29, 0.717) is 11.4 Å². The maximum atomic E-state index is 5.83. The minimum absolute atomic E-state index is 0.504. The number of pyridine rings is 1. The van der Waals surface area contributed by atoms with Crippen molar-refractivity contribution in [2.75, 3.05) is 18.0 Å². The average molecular weight is 188 g/mol. The Morgan fingerprint density at radius 2 is 2.07 bits per heavy atom. The lowest BCUT2D eigenvalue weighted by Crippen LogP contribution is -2.08. The number of aliphatic imine (C=N–C) groups is 1. The van der Waals surface area contributed by atoms with Gasteiger partial charge in [0.15, 0.2) is 0 Å². The fourth-order valence-electron chi connectivity index (χ4n) is 1.37. The van der Waals surface area contributed by atoms with Gasteiger partial charge >= 0.3 is 0 Å². The number of nitrogens with zero attached hydrogens (tertiary/aromatic N) is 2. The Kier molecular flexibility index (Phi) is 2.18. The van der Waals surface area contributed by atoms with Crippen molar-refractivity contribution in [1.29, 1.82) is 0 Å². The summed E-state index contributed by atoms with van der Waals surface area (Å²) in [5.41, 5.74) is 14.2. The molecule has 0 radical (unpaired) electrons. The zero-order chi connectivity index (χ0) is 9.97. The Morgan fingerprint density at radius 3 is 2.79 bits per heavy atom. The highest BCUT2D eigenvalue weighted by molar-refractivity contribution is 6.13. The van der Waals surface area contributed by atoms with Crippen LogP contribution in [-0.4, -0.2) is 17.2 Å². The zero-order valence-corrected chi connectivity index (χ0v) is 7.77. The standard InChI is InChI=1S/C10H12N4/c11-8-6-13-5-7(10(8)12)9-3-1-2-4-14-9/h1,3,5-6H,2,4,11H2,(H2,12,13). The molecule has 0 fully saturated rings. The predicted octanol–water partition coefficient (Wildman–Crippen LogP) is 0.995. The number of aromatic nitrogens is 1. The Morgan fingerprint density at radius 1 is 1.21 bits per heavy atom. The summed E-state index contributed by atoms with van der Waals surface area (Å²) in [7, 11) is 0. The van der Waals surface area contributed by atoms with Gasteiger partial charge < -0.3 is 11.5 Å². The van der Waals surface area contributed by atoms with Crippen molar-refractivity contribution in [1.82, 2.24) is 4.98 Å². The molecule has 0 saturated heterocycles. The first-order valence-electron chi connectivity index (χ1n) is 4.49. The smallest absolute Gasteiger partial charge is 0.0741 e. The minimum Gasteiger partial charge on any atom is -0.396 e. The van der Waals surface area contributed by atoms with Crippen LogP contribution in [0.15, 0.2) is 29.5 Å². The second-order valence-electron chi connectivity index (χ2n) is 3.15. The van der Waals surface area contributed by atoms with Crippen LogP contribution in [0.1, 0.15) is 12.0 Å². The van der Waals surface area contributed by atoms with Gasteiger partial charge in [0.2, 0.25) is 0 Å². The minimum atomic E-state index is 0.504. The monoisotopic (exact) mass is 188 g/mol. The molecule has 0 unspecified atom stereocenters. The largest absolute Gasteiger partial charge is 0.396 e. The fraction of sp³-hybridized carbons (Fsp3) is 0.200. The Labute approximate surface area is 82.4 Å². The molecular formula is C10H12N4. The summed E-state index contributed by atoms with van der Waals surface area (Å²) in [4.78, 5) is 8.36. The van der Waals surface area contributed by atoms with E-state index < -0.39 is 0 Å². The van der Waals surface area contributed by atoms with E-state index in [2.05, 4.69) is 16.1 Å². The van der Waals surface area contributed by atoms with Gasteiger partial charge in [-0.2, -0.15) is 0 Å². The summed E-state index contributed by atoms with van der Waals surface area (Å²) < 4.78 is 0. The quantitative estimate of drug-likeness (QED) is 0.690. The van der Waals surface area contributed by atoms with E-state index in [4.69, 9.17) is 11.5 Å². The lowest BCUT2D eigenvalue weighted by molar-refractivity contribution is 0.993. The summed E-state index contributed by atoms with van der Waals surface area (Å²) in [6.45, 7) is 0.806. The van der Waals surface area contributed by atoms with Gasteiger partial charge in [0.25, 0.3) is 0 Å². The fourth-order valence-corrected chi connectivity index (χ4v) is 1.37. The van der Waals surface area contributed by atoms with Crippen LogP contribution in [0.5, 0.6) is 0 Å². The first-order valence-corrected chi connectivity index (χ1v) is 4.49. The normalized spacial score (nSPS) is 15.3. The number of anilines is 2. The van der Waals surface area contributed by atoms with Crippen molar-refractivity contribution in [3.05, 3.63) is 30.1 Å². The van der Waals surface area contributed by atoms with E-state index in [0.717, 1.165) is 24.2 Å². The Hall–Kier alpha value is -1.84. The molecular weight excluding hydrogens is 176 g/mol. The lowest BCUT2D eigenvalue weighted by atomic mass is 10.1. The molecule has 0 aliphatic carbocycles. The number of hydrogen-bond acceptors (Lipinski definition) is 4. The summed E-state index contributed by atoms with van der Waals surface area (Å²) in [6, 6.07) is 0. The van der Waals surface area contributed by atoms with Crippen LogP contribution < -0.4 is 11.5 Å². The van der Waals surface area contributed by atoms with Crippen LogP contribution in [0.4, 0.5) is 11.4 Å². The van der Waals surface area contributed by atoms with Crippen molar-refractivity contribution in [3.63, 3.8) is 0 Å². The molecule has 2 heterocycles. The maximum Gasteiger partial charge on any atom is 0.0741 e. The van der Waals surface area contributed by atoms with Crippen LogP contribution in [0.2, 0.25) is 0 Å². The number of nitrogen functional groups attached to an aromatic ring is 2. The van der Waals surface area contributed by atoms with Gasteiger partial charge in [-0.1, -0.05) is 6.08 Å². The zero-order valence-electron chi connectivity index (χ0n) is 7.77. The molecule has 0 spiro atoms. The van der Waals surface area contributed by atoms with Crippen molar-refractivity contribution >= 4 is 17.1 Å². The topological polar surface area (TPSA) is 77.3 Å². The van der Waals surface area contributed by atoms with Gasteiger partial charge in [-0.3, -0.25) is 9.98 Å². The van der Waals surface area contributed by atoms with Crippen molar-refractivity contribution in [2.24, 2.45) is 4.99 Å². The number of dihydropyridines is 1. The first kappa shape index (κ1) is 8.74. The van der Waals surface area contributed by atoms with Gasteiger partial charge in [0, 0.05) is 18.3 Å². The molecule has 4 N–H and O–H groups in total. The molecule has 0 saturated carbocycles. The number of allylic oxidation sites excluding steroid dienone is 1. The summed E-state index contributed by atoms with van der Waals surface area (Å²) in [5, 5.41) is 0. The van der Waals surface area contributed by atoms with E-state index in [9.17, 15) is 0 Å². The van der Waals surface area contributed by atoms with Crippen LogP contribution in [-0.2, 0) is 0 Å². The molecule has 0 aromatic carbocycles. The predicted molar refractivity (Wildman–Crippen MR) is 58.2 cm³/mol. The molecule has 2 rings (SSSR count). The molecule has 0 bridgehead atoms. The number of nitrogens with two attached hydrogens (primary N) is 2. The molecule has 1 aliphatic rings. The molecule has 0 atom stereocenters. The molecule has 72 valence electrons. The van der Waals surface area contributed by atoms with Crippen molar-refractivity contribution in [2.45, 2.75) is 6.42 Å². The number of hydrogen-bond donors (Lipinski definition) is 2. The van der Waals surface area contributed by atoms with E-state index in [1.165, 1.54) is 0 Å². The molecule has 1 aliphatic heterocycles. The van der Waals surface area contributed by atoms with Gasteiger partial charge in [-0.25, -0.2) is 0 Å². The first-order chi connectivity index (χ1) is 6.79. The second kappa shape index (κ2) is 3.49. The third-order valence-electron chi connectivity index (χ3n) is 2.15. The molecule has 0 amide bonds. The van der Waals surface area contributed by atoms with E-state index in [1.54, 1.807) is 12.4 Å². The van der Waals surface area contributed by atoms with Crippen LogP contribution >= 0.6 is 0 Å². The molecule has 14 heavy (non-hydrogen) atoms. The third-order valence-corrected chi connectivity index (χ3v) is 2.15. The van der Waals surface area contributed by atoms with Gasteiger partial charge in [-0.05, 0) is 12.5 Å². The Bertz CT molecular complexity index is 407. The van der Waals surface area contributed by atoms with Gasteiger partial charge in [-0.15, -0.1) is 0 Å². The van der Waals surface area contributed by atoms with E-state index >= 15 is 0 Å². The van der Waals surface area contributed by atoms with E-state index in [1.807, 2.05) is 6.08 Å². The maximum absolute atomic E-state index is 5.83. The van der Waals surface area contributed by atoms with Crippen molar-refractivity contribution < 1.29 is 0 Å². The summed E-state index contributed by atoms with van der Waals surface area (Å²) in [6.07, 6.45) is 8.26. The highest BCUT2D eigenvalue weighted by Crippen LogP contribution is 2.20. The van der Waals surface area contributed by atoms with Gasteiger partial charge in [0.05, 0.1) is 23.3 Å². The van der Waals surface area contributed by atoms with Crippen LogP contribution in [0.3, 0.4) is 0 Å². The second-order valence-corrected chi connectivity index (χ2v) is 3.15. The lowest BCUT2D eigenvalue weighted by Gasteiger charge is -2.09. The molecule has 4 nitrogen and oxygen atoms in total. The van der Waals surface area contributed by atoms with E-state index in [-0.39, 0.29) is 0 Å². The average Bonchev–Trinajstić information content (AvgIpc) is 2.23. The van der Waals surface area contributed by atoms with Crippen LogP contribution in [0.25, 0.3) is 0 Å². The van der Waals surface area contributed by atoms with Gasteiger partial charge in [0.1, 0.15) is 0 Å². The van der Waals surface area contributed by atoms with Crippen molar-refractivity contribution in [3.8, 4) is 0 Å². The summed E-state index contributed by atoms with van der Waals surface area (Å²) >= 11 is 0. The summed E-state index contributed by atoms with van der Waals surface area (Å²) in [5.74, 6) is 0. The Balaban J connectivity index is 2.46. The molecule has 1 aromatic rings.